The fourth-order valence-electron chi connectivity index (χ4n) is 2.55. The molecular weight excluding hydrogens is 270 g/mol. The van der Waals surface area contributed by atoms with Crippen molar-refractivity contribution in [2.45, 2.75) is 25.9 Å². The molecule has 2 rings (SSSR count). The minimum absolute atomic E-state index is 0.00449. The first-order valence-corrected chi connectivity index (χ1v) is 7.21. The van der Waals surface area contributed by atoms with E-state index in [1.54, 1.807) is 16.6 Å². The van der Waals surface area contributed by atoms with E-state index >= 15 is 0 Å². The number of rotatable bonds is 4. The molecule has 1 N–H and O–H groups in total. The predicted octanol–water partition coefficient (Wildman–Crippen LogP) is -0.530. The minimum Gasteiger partial charge on any atom is -0.357 e. The third-order valence-corrected chi connectivity index (χ3v) is 3.78. The average molecular weight is 293 g/mol. The van der Waals surface area contributed by atoms with Gasteiger partial charge in [0.2, 0.25) is 11.8 Å². The number of carbonyl (C=O) groups is 2. The Kier molecular flexibility index (Phi) is 4.95. The van der Waals surface area contributed by atoms with Crippen LogP contribution in [0.15, 0.2) is 12.3 Å². The maximum Gasteiger partial charge on any atom is 0.243 e. The first kappa shape index (κ1) is 15.5. The monoisotopic (exact) mass is 293 g/mol. The van der Waals surface area contributed by atoms with Gasteiger partial charge in [-0.25, -0.2) is 0 Å². The predicted molar refractivity (Wildman–Crippen MR) is 78.6 cm³/mol. The standard InChI is InChI=1S/C14H23N5O2/c1-11-4-6-18(16-11)7-5-13(20)19-9-8-17(3)10-12(19)14(21)15-2/h4,6,12H,5,7-10H2,1-3H3,(H,15,21). The highest BCUT2D eigenvalue weighted by atomic mass is 16.2. The van der Waals surface area contributed by atoms with Crippen LogP contribution >= 0.6 is 0 Å². The lowest BCUT2D eigenvalue weighted by atomic mass is 10.1. The largest absolute Gasteiger partial charge is 0.357 e. The third-order valence-electron chi connectivity index (χ3n) is 3.78. The molecule has 1 aromatic heterocycles. The van der Waals surface area contributed by atoms with Crippen LogP contribution in [0.4, 0.5) is 0 Å². The molecule has 0 spiro atoms. The Bertz CT molecular complexity index is 513. The molecule has 116 valence electrons. The number of aromatic nitrogens is 2. The van der Waals surface area contributed by atoms with E-state index in [0.29, 0.717) is 26.1 Å². The zero-order valence-electron chi connectivity index (χ0n) is 12.9. The lowest BCUT2D eigenvalue weighted by Crippen LogP contribution is -2.59. The van der Waals surface area contributed by atoms with E-state index in [1.165, 1.54) is 0 Å². The fourth-order valence-corrected chi connectivity index (χ4v) is 2.55. The number of nitrogens with one attached hydrogen (secondary N) is 1. The zero-order valence-corrected chi connectivity index (χ0v) is 12.9. The zero-order chi connectivity index (χ0) is 15.4. The Morgan fingerprint density at radius 1 is 1.43 bits per heavy atom. The van der Waals surface area contributed by atoms with E-state index in [1.807, 2.05) is 26.2 Å². The molecule has 1 saturated heterocycles. The second kappa shape index (κ2) is 6.71. The number of amides is 2. The molecule has 1 unspecified atom stereocenters. The Morgan fingerprint density at radius 3 is 2.81 bits per heavy atom. The molecule has 0 aliphatic carbocycles. The molecule has 7 heteroatoms. The SMILES string of the molecule is CNC(=O)C1CN(C)CCN1C(=O)CCn1ccc(C)n1. The molecule has 7 nitrogen and oxygen atoms in total. The van der Waals surface area contributed by atoms with E-state index in [-0.39, 0.29) is 11.8 Å². The first-order chi connectivity index (χ1) is 10.0. The second-order valence-corrected chi connectivity index (χ2v) is 5.45. The van der Waals surface area contributed by atoms with Gasteiger partial charge < -0.3 is 15.1 Å². The molecule has 0 radical (unpaired) electrons. The maximum atomic E-state index is 12.4. The van der Waals surface area contributed by atoms with Gasteiger partial charge in [-0.1, -0.05) is 0 Å². The second-order valence-electron chi connectivity index (χ2n) is 5.45. The van der Waals surface area contributed by atoms with E-state index in [2.05, 4.69) is 15.3 Å². The van der Waals surface area contributed by atoms with E-state index in [9.17, 15) is 9.59 Å². The van der Waals surface area contributed by atoms with Crippen LogP contribution in [0.25, 0.3) is 0 Å². The molecule has 2 heterocycles. The summed E-state index contributed by atoms with van der Waals surface area (Å²) in [5.41, 5.74) is 0.935. The molecule has 1 aromatic rings. The van der Waals surface area contributed by atoms with Crippen molar-refractivity contribution in [1.29, 1.82) is 0 Å². The topological polar surface area (TPSA) is 70.5 Å². The van der Waals surface area contributed by atoms with Crippen LogP contribution < -0.4 is 5.32 Å². The Labute approximate surface area is 124 Å². The van der Waals surface area contributed by atoms with Crippen LogP contribution in [-0.2, 0) is 16.1 Å². The highest BCUT2D eigenvalue weighted by Gasteiger charge is 2.33. The number of piperazine rings is 1. The smallest absolute Gasteiger partial charge is 0.243 e. The molecule has 1 atom stereocenters. The Hall–Kier alpha value is -1.89. The summed E-state index contributed by atoms with van der Waals surface area (Å²) in [5, 5.41) is 6.91. The van der Waals surface area contributed by atoms with Crippen LogP contribution in [0.1, 0.15) is 12.1 Å². The number of hydrogen-bond donors (Lipinski definition) is 1. The summed E-state index contributed by atoms with van der Waals surface area (Å²) in [6.07, 6.45) is 2.22. The first-order valence-electron chi connectivity index (χ1n) is 7.21. The van der Waals surface area contributed by atoms with E-state index < -0.39 is 6.04 Å². The average Bonchev–Trinajstić information content (AvgIpc) is 2.89. The van der Waals surface area contributed by atoms with Crippen molar-refractivity contribution >= 4 is 11.8 Å². The van der Waals surface area contributed by atoms with Crippen molar-refractivity contribution in [2.24, 2.45) is 0 Å². The van der Waals surface area contributed by atoms with Gasteiger partial charge in [0, 0.05) is 45.8 Å². The summed E-state index contributed by atoms with van der Waals surface area (Å²) < 4.78 is 1.76. The summed E-state index contributed by atoms with van der Waals surface area (Å²) in [5.74, 6) is -0.102. The molecule has 0 bridgehead atoms. The van der Waals surface area contributed by atoms with Crippen molar-refractivity contribution < 1.29 is 9.59 Å². The van der Waals surface area contributed by atoms with Crippen molar-refractivity contribution in [3.05, 3.63) is 18.0 Å². The molecule has 1 aliphatic rings. The number of likely N-dealkylation sites (N-methyl/N-ethyl adjacent to an activating group) is 2. The number of carbonyl (C=O) groups excluding carboxylic acids is 2. The lowest BCUT2D eigenvalue weighted by Gasteiger charge is -2.38. The Balaban J connectivity index is 1.97. The minimum atomic E-state index is -0.402. The van der Waals surface area contributed by atoms with Gasteiger partial charge in [-0.2, -0.15) is 5.10 Å². The van der Waals surface area contributed by atoms with Crippen LogP contribution in [0, 0.1) is 6.92 Å². The molecule has 21 heavy (non-hydrogen) atoms. The van der Waals surface area contributed by atoms with Gasteiger partial charge in [0.15, 0.2) is 0 Å². The van der Waals surface area contributed by atoms with Crippen molar-refractivity contribution in [2.75, 3.05) is 33.7 Å². The Morgan fingerprint density at radius 2 is 2.19 bits per heavy atom. The molecule has 1 fully saturated rings. The van der Waals surface area contributed by atoms with E-state index in [4.69, 9.17) is 0 Å². The molecule has 2 amide bonds. The van der Waals surface area contributed by atoms with Gasteiger partial charge >= 0.3 is 0 Å². The van der Waals surface area contributed by atoms with Gasteiger partial charge in [-0.15, -0.1) is 0 Å². The van der Waals surface area contributed by atoms with Gasteiger partial charge in [-0.3, -0.25) is 14.3 Å². The van der Waals surface area contributed by atoms with Gasteiger partial charge in [0.1, 0.15) is 6.04 Å². The van der Waals surface area contributed by atoms with Crippen LogP contribution in [-0.4, -0.2) is 71.2 Å². The lowest BCUT2D eigenvalue weighted by molar-refractivity contribution is -0.143. The summed E-state index contributed by atoms with van der Waals surface area (Å²) >= 11 is 0. The fraction of sp³-hybridized carbons (Fsp3) is 0.643. The van der Waals surface area contributed by atoms with Gasteiger partial charge in [0.05, 0.1) is 5.69 Å². The summed E-state index contributed by atoms with van der Waals surface area (Å²) in [6.45, 7) is 4.41. The number of nitrogens with zero attached hydrogens (tertiary/aromatic N) is 4. The quantitative estimate of drug-likeness (QED) is 0.810. The maximum absolute atomic E-state index is 12.4. The van der Waals surface area contributed by atoms with Gasteiger partial charge in [0.25, 0.3) is 0 Å². The number of aryl methyl sites for hydroxylation is 2. The highest BCUT2D eigenvalue weighted by Crippen LogP contribution is 2.11. The van der Waals surface area contributed by atoms with Crippen LogP contribution in [0.2, 0.25) is 0 Å². The summed E-state index contributed by atoms with van der Waals surface area (Å²) in [7, 11) is 3.57. The molecule has 0 saturated carbocycles. The van der Waals surface area contributed by atoms with Crippen molar-refractivity contribution in [3.63, 3.8) is 0 Å². The molecular formula is C14H23N5O2. The normalized spacial score (nSPS) is 19.6. The third kappa shape index (κ3) is 3.81. The van der Waals surface area contributed by atoms with Crippen LogP contribution in [0.3, 0.4) is 0 Å². The summed E-state index contributed by atoms with van der Waals surface area (Å²) in [6, 6.07) is 1.51. The molecule has 1 aliphatic heterocycles. The van der Waals surface area contributed by atoms with Crippen LogP contribution in [0.5, 0.6) is 0 Å². The summed E-state index contributed by atoms with van der Waals surface area (Å²) in [4.78, 5) is 28.1. The highest BCUT2D eigenvalue weighted by molar-refractivity contribution is 5.88. The van der Waals surface area contributed by atoms with Crippen molar-refractivity contribution in [3.8, 4) is 0 Å². The number of hydrogen-bond acceptors (Lipinski definition) is 4. The van der Waals surface area contributed by atoms with Crippen molar-refractivity contribution in [1.82, 2.24) is 24.9 Å². The van der Waals surface area contributed by atoms with Gasteiger partial charge in [-0.05, 0) is 20.0 Å². The molecule has 0 aromatic carbocycles. The van der Waals surface area contributed by atoms with E-state index in [0.717, 1.165) is 12.2 Å².